The number of carbonyl (C=O) groups excluding carboxylic acids is 1. The molecule has 0 fully saturated rings. The van der Waals surface area contributed by atoms with Gasteiger partial charge >= 0.3 is 0 Å². The number of carbonyl (C=O) groups is 1. The summed E-state index contributed by atoms with van der Waals surface area (Å²) in [5.74, 6) is 0.798. The average molecular weight is 232 g/mol. The minimum Gasteiger partial charge on any atom is -0.496 e. The molecule has 2 rings (SSSR count). The lowest BCUT2D eigenvalue weighted by molar-refractivity contribution is -0.104. The summed E-state index contributed by atoms with van der Waals surface area (Å²) in [6.07, 6.45) is 5.20. The Balaban J connectivity index is 2.78. The van der Waals surface area contributed by atoms with Crippen molar-refractivity contribution in [3.63, 3.8) is 0 Å². The molecule has 0 aliphatic rings. The molecule has 0 radical (unpaired) electrons. The van der Waals surface area contributed by atoms with Gasteiger partial charge in [0.2, 0.25) is 0 Å². The van der Waals surface area contributed by atoms with Crippen LogP contribution >= 0.6 is 0 Å². The van der Waals surface area contributed by atoms with Crippen molar-refractivity contribution in [1.82, 2.24) is 14.5 Å². The molecule has 88 valence electrons. The first kappa shape index (κ1) is 11.1. The van der Waals surface area contributed by atoms with Crippen LogP contribution in [0.3, 0.4) is 0 Å². The van der Waals surface area contributed by atoms with Gasteiger partial charge in [0.25, 0.3) is 0 Å². The second-order valence-electron chi connectivity index (χ2n) is 3.48. The summed E-state index contributed by atoms with van der Waals surface area (Å²) in [6, 6.07) is 0. The molecular formula is C11H12N4O2. The van der Waals surface area contributed by atoms with Crippen molar-refractivity contribution in [2.24, 2.45) is 7.05 Å². The second-order valence-corrected chi connectivity index (χ2v) is 3.48. The van der Waals surface area contributed by atoms with Crippen molar-refractivity contribution < 1.29 is 9.53 Å². The Labute approximate surface area is 97.7 Å². The molecule has 0 atom stereocenters. The summed E-state index contributed by atoms with van der Waals surface area (Å²) in [4.78, 5) is 18.6. The van der Waals surface area contributed by atoms with Crippen LogP contribution in [-0.4, -0.2) is 27.9 Å². The molecule has 0 saturated carbocycles. The van der Waals surface area contributed by atoms with Crippen LogP contribution in [0, 0.1) is 0 Å². The molecule has 0 aromatic carbocycles. The van der Waals surface area contributed by atoms with E-state index >= 15 is 0 Å². The molecule has 0 saturated heterocycles. The maximum atomic E-state index is 10.5. The van der Waals surface area contributed by atoms with Crippen LogP contribution in [-0.2, 0) is 16.6 Å². The third-order valence-corrected chi connectivity index (χ3v) is 2.49. The number of hydrogen-bond acceptors (Lipinski definition) is 5. The van der Waals surface area contributed by atoms with Gasteiger partial charge in [-0.05, 0) is 0 Å². The number of methoxy groups -OCH3 is 1. The minimum absolute atomic E-state index is 0.361. The van der Waals surface area contributed by atoms with Crippen LogP contribution in [0.2, 0.25) is 0 Å². The number of ether oxygens (including phenoxy) is 1. The summed E-state index contributed by atoms with van der Waals surface area (Å²) in [6.45, 7) is 0. The average Bonchev–Trinajstić information content (AvgIpc) is 2.65. The quantitative estimate of drug-likeness (QED) is 0.479. The number of nitrogens with two attached hydrogens (primary N) is 1. The van der Waals surface area contributed by atoms with Crippen molar-refractivity contribution in [3.8, 4) is 0 Å². The van der Waals surface area contributed by atoms with Gasteiger partial charge in [0.05, 0.1) is 12.5 Å². The van der Waals surface area contributed by atoms with Gasteiger partial charge in [0, 0.05) is 24.9 Å². The van der Waals surface area contributed by atoms with Gasteiger partial charge in [0.1, 0.15) is 29.8 Å². The standard InChI is InChI=1S/C11H12N4O2/c1-15-5-7(8(17-2)3-4-16)9-10(12)13-6-14-11(9)15/h3-6H,1-2H3,(H2,12,13,14)/b8-3+. The van der Waals surface area contributed by atoms with Gasteiger partial charge in [-0.3, -0.25) is 4.79 Å². The second kappa shape index (κ2) is 4.25. The van der Waals surface area contributed by atoms with Gasteiger partial charge < -0.3 is 15.0 Å². The zero-order valence-electron chi connectivity index (χ0n) is 9.54. The molecule has 17 heavy (non-hydrogen) atoms. The topological polar surface area (TPSA) is 83.0 Å². The van der Waals surface area contributed by atoms with E-state index in [1.807, 2.05) is 7.05 Å². The van der Waals surface area contributed by atoms with Crippen molar-refractivity contribution in [2.45, 2.75) is 0 Å². The number of hydrogen-bond donors (Lipinski definition) is 1. The molecule has 2 N–H and O–H groups in total. The van der Waals surface area contributed by atoms with E-state index in [2.05, 4.69) is 9.97 Å². The first-order valence-corrected chi connectivity index (χ1v) is 4.94. The number of rotatable bonds is 3. The predicted octanol–water partition coefficient (Wildman–Crippen LogP) is 0.737. The van der Waals surface area contributed by atoms with E-state index in [0.717, 1.165) is 0 Å². The van der Waals surface area contributed by atoms with Crippen LogP contribution in [0.15, 0.2) is 18.6 Å². The smallest absolute Gasteiger partial charge is 0.146 e. The molecule has 0 amide bonds. The first-order chi connectivity index (χ1) is 8.19. The van der Waals surface area contributed by atoms with E-state index in [1.165, 1.54) is 19.5 Å². The SMILES string of the molecule is CO/C(=C/C=O)c1cn(C)c2ncnc(N)c12. The largest absolute Gasteiger partial charge is 0.496 e. The number of aryl methyl sites for hydroxylation is 1. The van der Waals surface area contributed by atoms with Gasteiger partial charge in [-0.15, -0.1) is 0 Å². The highest BCUT2D eigenvalue weighted by molar-refractivity contribution is 5.98. The monoisotopic (exact) mass is 232 g/mol. The summed E-state index contributed by atoms with van der Waals surface area (Å²) < 4.78 is 6.96. The lowest BCUT2D eigenvalue weighted by Gasteiger charge is -2.03. The Hall–Kier alpha value is -2.37. The highest BCUT2D eigenvalue weighted by atomic mass is 16.5. The van der Waals surface area contributed by atoms with E-state index in [0.29, 0.717) is 34.5 Å². The molecule has 0 spiro atoms. The molecule has 0 bridgehead atoms. The lowest BCUT2D eigenvalue weighted by atomic mass is 10.2. The Bertz CT molecular complexity index is 601. The molecule has 2 aromatic rings. The Kier molecular flexibility index (Phi) is 2.78. The van der Waals surface area contributed by atoms with E-state index in [-0.39, 0.29) is 0 Å². The van der Waals surface area contributed by atoms with Crippen molar-refractivity contribution >= 4 is 28.9 Å². The highest BCUT2D eigenvalue weighted by Gasteiger charge is 2.15. The van der Waals surface area contributed by atoms with E-state index in [4.69, 9.17) is 10.5 Å². The zero-order valence-corrected chi connectivity index (χ0v) is 9.54. The number of nitrogens with zero attached hydrogens (tertiary/aromatic N) is 3. The molecule has 0 unspecified atom stereocenters. The molecule has 6 nitrogen and oxygen atoms in total. The molecule has 0 aliphatic heterocycles. The fourth-order valence-electron chi connectivity index (χ4n) is 1.75. The van der Waals surface area contributed by atoms with Crippen molar-refractivity contribution in [3.05, 3.63) is 24.2 Å². The maximum absolute atomic E-state index is 10.5. The van der Waals surface area contributed by atoms with E-state index in [9.17, 15) is 4.79 Å². The maximum Gasteiger partial charge on any atom is 0.146 e. The number of aromatic nitrogens is 3. The van der Waals surface area contributed by atoms with Crippen LogP contribution < -0.4 is 5.73 Å². The van der Waals surface area contributed by atoms with Crippen molar-refractivity contribution in [2.75, 3.05) is 12.8 Å². The van der Waals surface area contributed by atoms with Crippen LogP contribution in [0.25, 0.3) is 16.8 Å². The zero-order chi connectivity index (χ0) is 12.4. The van der Waals surface area contributed by atoms with Gasteiger partial charge in [-0.25, -0.2) is 9.97 Å². The van der Waals surface area contributed by atoms with Gasteiger partial charge in [0.15, 0.2) is 0 Å². The van der Waals surface area contributed by atoms with E-state index in [1.54, 1.807) is 10.8 Å². The third kappa shape index (κ3) is 1.73. The number of aldehydes is 1. The molecule has 2 heterocycles. The van der Waals surface area contributed by atoms with Crippen LogP contribution in [0.1, 0.15) is 5.56 Å². The van der Waals surface area contributed by atoms with Gasteiger partial charge in [-0.2, -0.15) is 0 Å². The van der Waals surface area contributed by atoms with Crippen molar-refractivity contribution in [1.29, 1.82) is 0 Å². The normalized spacial score (nSPS) is 11.8. The predicted molar refractivity (Wildman–Crippen MR) is 64.0 cm³/mol. The third-order valence-electron chi connectivity index (χ3n) is 2.49. The Morgan fingerprint density at radius 1 is 1.53 bits per heavy atom. The molecule has 6 heteroatoms. The number of fused-ring (bicyclic) bond motifs is 1. The Morgan fingerprint density at radius 3 is 2.94 bits per heavy atom. The lowest BCUT2D eigenvalue weighted by Crippen LogP contribution is -1.95. The fourth-order valence-corrected chi connectivity index (χ4v) is 1.75. The summed E-state index contributed by atoms with van der Waals surface area (Å²) in [5.41, 5.74) is 7.22. The summed E-state index contributed by atoms with van der Waals surface area (Å²) in [5, 5.41) is 0.685. The summed E-state index contributed by atoms with van der Waals surface area (Å²) >= 11 is 0. The Morgan fingerprint density at radius 2 is 2.29 bits per heavy atom. The molecule has 0 aliphatic carbocycles. The first-order valence-electron chi connectivity index (χ1n) is 4.94. The number of nitrogen functional groups attached to an aromatic ring is 1. The van der Waals surface area contributed by atoms with Crippen LogP contribution in [0.4, 0.5) is 5.82 Å². The highest BCUT2D eigenvalue weighted by Crippen LogP contribution is 2.28. The van der Waals surface area contributed by atoms with Gasteiger partial charge in [-0.1, -0.05) is 0 Å². The summed E-state index contributed by atoms with van der Waals surface area (Å²) in [7, 11) is 3.33. The number of allylic oxidation sites excluding steroid dienone is 1. The van der Waals surface area contributed by atoms with Crippen LogP contribution in [0.5, 0.6) is 0 Å². The minimum atomic E-state index is 0.361. The molecular weight excluding hydrogens is 220 g/mol. The number of anilines is 1. The van der Waals surface area contributed by atoms with E-state index < -0.39 is 0 Å². The fraction of sp³-hybridized carbons (Fsp3) is 0.182. The molecule has 2 aromatic heterocycles.